The van der Waals surface area contributed by atoms with E-state index in [1.807, 2.05) is 13.0 Å². The molecular formula is C17H12ClF3N2. The molecule has 3 rings (SSSR count). The van der Waals surface area contributed by atoms with E-state index in [1.54, 1.807) is 18.3 Å². The first-order chi connectivity index (χ1) is 10.9. The van der Waals surface area contributed by atoms with Crippen LogP contribution in [0.3, 0.4) is 0 Å². The fraction of sp³-hybridized carbons (Fsp3) is 0.118. The quantitative estimate of drug-likeness (QED) is 0.624. The van der Waals surface area contributed by atoms with Gasteiger partial charge in [-0.05, 0) is 55.0 Å². The number of anilines is 2. The van der Waals surface area contributed by atoms with Crippen LogP contribution < -0.4 is 5.32 Å². The van der Waals surface area contributed by atoms with Crippen LogP contribution in [-0.4, -0.2) is 4.98 Å². The minimum absolute atomic E-state index is 0.568. The van der Waals surface area contributed by atoms with E-state index >= 15 is 0 Å². The zero-order valence-electron chi connectivity index (χ0n) is 12.1. The lowest BCUT2D eigenvalue weighted by atomic mass is 10.1. The van der Waals surface area contributed by atoms with E-state index in [1.165, 1.54) is 12.1 Å². The van der Waals surface area contributed by atoms with Gasteiger partial charge in [-0.2, -0.15) is 13.2 Å². The smallest absolute Gasteiger partial charge is 0.355 e. The molecule has 2 aromatic carbocycles. The molecule has 0 amide bonds. The summed E-state index contributed by atoms with van der Waals surface area (Å²) in [5.74, 6) is 0. The van der Waals surface area contributed by atoms with Gasteiger partial charge >= 0.3 is 6.18 Å². The number of nitrogens with one attached hydrogen (secondary N) is 1. The highest BCUT2D eigenvalue weighted by molar-refractivity contribution is 6.32. The SMILES string of the molecule is Cc1c(Cl)ccc2c(Nc3ccc(C(F)(F)F)cc3)ccnc12. The number of rotatable bonds is 2. The number of hydrogen-bond donors (Lipinski definition) is 1. The highest BCUT2D eigenvalue weighted by atomic mass is 35.5. The van der Waals surface area contributed by atoms with Crippen LogP contribution in [0.1, 0.15) is 11.1 Å². The van der Waals surface area contributed by atoms with Crippen molar-refractivity contribution in [3.05, 3.63) is 64.8 Å². The van der Waals surface area contributed by atoms with Crippen LogP contribution in [0, 0.1) is 6.92 Å². The summed E-state index contributed by atoms with van der Waals surface area (Å²) in [6.07, 6.45) is -2.70. The average molecular weight is 337 g/mol. The van der Waals surface area contributed by atoms with Crippen molar-refractivity contribution in [1.82, 2.24) is 4.98 Å². The summed E-state index contributed by atoms with van der Waals surface area (Å²) in [7, 11) is 0. The topological polar surface area (TPSA) is 24.9 Å². The summed E-state index contributed by atoms with van der Waals surface area (Å²) < 4.78 is 37.8. The van der Waals surface area contributed by atoms with Crippen molar-refractivity contribution < 1.29 is 13.2 Å². The Bertz CT molecular complexity index is 858. The molecule has 1 N–H and O–H groups in total. The van der Waals surface area contributed by atoms with Crippen molar-refractivity contribution in [2.45, 2.75) is 13.1 Å². The van der Waals surface area contributed by atoms with Gasteiger partial charge in [0.05, 0.1) is 11.1 Å². The van der Waals surface area contributed by atoms with Crippen molar-refractivity contribution in [2.24, 2.45) is 0 Å². The van der Waals surface area contributed by atoms with Gasteiger partial charge < -0.3 is 5.32 Å². The number of aromatic nitrogens is 1. The summed E-state index contributed by atoms with van der Waals surface area (Å²) in [5, 5.41) is 4.60. The molecule has 1 heterocycles. The number of aryl methyl sites for hydroxylation is 1. The number of halogens is 4. The maximum Gasteiger partial charge on any atom is 0.416 e. The molecule has 0 unspecified atom stereocenters. The number of nitrogens with zero attached hydrogens (tertiary/aromatic N) is 1. The zero-order chi connectivity index (χ0) is 16.6. The van der Waals surface area contributed by atoms with Crippen LogP contribution in [0.2, 0.25) is 5.02 Å². The van der Waals surface area contributed by atoms with Crippen LogP contribution in [0.5, 0.6) is 0 Å². The lowest BCUT2D eigenvalue weighted by molar-refractivity contribution is -0.137. The maximum absolute atomic E-state index is 12.6. The first-order valence-electron chi connectivity index (χ1n) is 6.84. The molecule has 1 aromatic heterocycles. The minimum atomic E-state index is -4.34. The van der Waals surface area contributed by atoms with Gasteiger partial charge in [0.25, 0.3) is 0 Å². The first-order valence-corrected chi connectivity index (χ1v) is 7.22. The van der Waals surface area contributed by atoms with Crippen molar-refractivity contribution >= 4 is 33.9 Å². The van der Waals surface area contributed by atoms with E-state index in [9.17, 15) is 13.2 Å². The first kappa shape index (κ1) is 15.6. The molecule has 0 spiro atoms. The van der Waals surface area contributed by atoms with Crippen molar-refractivity contribution in [1.29, 1.82) is 0 Å². The van der Waals surface area contributed by atoms with Crippen LogP contribution in [0.15, 0.2) is 48.7 Å². The molecule has 0 aliphatic heterocycles. The third kappa shape index (κ3) is 3.10. The molecule has 0 saturated carbocycles. The molecule has 2 nitrogen and oxygen atoms in total. The molecular weight excluding hydrogens is 325 g/mol. The molecule has 3 aromatic rings. The van der Waals surface area contributed by atoms with Gasteiger partial charge in [0.1, 0.15) is 0 Å². The molecule has 118 valence electrons. The highest BCUT2D eigenvalue weighted by Crippen LogP contribution is 2.32. The summed E-state index contributed by atoms with van der Waals surface area (Å²) >= 11 is 6.09. The Morgan fingerprint density at radius 3 is 2.35 bits per heavy atom. The third-order valence-corrected chi connectivity index (χ3v) is 4.00. The van der Waals surface area contributed by atoms with E-state index in [-0.39, 0.29) is 0 Å². The van der Waals surface area contributed by atoms with Crippen molar-refractivity contribution in [2.75, 3.05) is 5.32 Å². The van der Waals surface area contributed by atoms with Gasteiger partial charge in [-0.3, -0.25) is 4.98 Å². The van der Waals surface area contributed by atoms with Gasteiger partial charge in [-0.1, -0.05) is 11.6 Å². The maximum atomic E-state index is 12.6. The number of benzene rings is 2. The lowest BCUT2D eigenvalue weighted by Crippen LogP contribution is -2.04. The number of alkyl halides is 3. The third-order valence-electron chi connectivity index (χ3n) is 3.59. The van der Waals surface area contributed by atoms with Gasteiger partial charge in [-0.25, -0.2) is 0 Å². The summed E-state index contributed by atoms with van der Waals surface area (Å²) in [4.78, 5) is 4.32. The summed E-state index contributed by atoms with van der Waals surface area (Å²) in [6, 6.07) is 10.3. The van der Waals surface area contributed by atoms with E-state index in [0.717, 1.165) is 34.3 Å². The average Bonchev–Trinajstić information content (AvgIpc) is 2.51. The van der Waals surface area contributed by atoms with Crippen LogP contribution in [0.4, 0.5) is 24.5 Å². The lowest BCUT2D eigenvalue weighted by Gasteiger charge is -2.12. The Labute approximate surface area is 135 Å². The second-order valence-corrected chi connectivity index (χ2v) is 5.53. The molecule has 0 fully saturated rings. The summed E-state index contributed by atoms with van der Waals surface area (Å²) in [5.41, 5.74) is 2.27. The van der Waals surface area contributed by atoms with E-state index in [2.05, 4.69) is 10.3 Å². The Morgan fingerprint density at radius 1 is 1.00 bits per heavy atom. The number of fused-ring (bicyclic) bond motifs is 1. The van der Waals surface area contributed by atoms with Gasteiger partial charge in [0, 0.05) is 28.0 Å². The fourth-order valence-corrected chi connectivity index (χ4v) is 2.49. The van der Waals surface area contributed by atoms with Crippen molar-refractivity contribution in [3.63, 3.8) is 0 Å². The van der Waals surface area contributed by atoms with E-state index < -0.39 is 11.7 Å². The highest BCUT2D eigenvalue weighted by Gasteiger charge is 2.29. The zero-order valence-corrected chi connectivity index (χ0v) is 12.8. The fourth-order valence-electron chi connectivity index (χ4n) is 2.34. The molecule has 0 radical (unpaired) electrons. The number of hydrogen-bond acceptors (Lipinski definition) is 2. The number of pyridine rings is 1. The molecule has 0 aliphatic rings. The predicted octanol–water partition coefficient (Wildman–Crippen LogP) is 5.96. The Kier molecular flexibility index (Phi) is 3.90. The molecule has 0 aliphatic carbocycles. The minimum Gasteiger partial charge on any atom is -0.355 e. The van der Waals surface area contributed by atoms with Crippen LogP contribution in [0.25, 0.3) is 10.9 Å². The second kappa shape index (κ2) is 5.74. The van der Waals surface area contributed by atoms with Crippen LogP contribution >= 0.6 is 11.6 Å². The Hall–Kier alpha value is -2.27. The predicted molar refractivity (Wildman–Crippen MR) is 86.2 cm³/mol. The molecule has 23 heavy (non-hydrogen) atoms. The Balaban J connectivity index is 1.97. The normalized spacial score (nSPS) is 11.7. The van der Waals surface area contributed by atoms with Gasteiger partial charge in [0.2, 0.25) is 0 Å². The van der Waals surface area contributed by atoms with Crippen molar-refractivity contribution in [3.8, 4) is 0 Å². The van der Waals surface area contributed by atoms with E-state index in [4.69, 9.17) is 11.6 Å². The second-order valence-electron chi connectivity index (χ2n) is 5.13. The molecule has 0 bridgehead atoms. The largest absolute Gasteiger partial charge is 0.416 e. The molecule has 6 heteroatoms. The van der Waals surface area contributed by atoms with E-state index in [0.29, 0.717) is 10.7 Å². The van der Waals surface area contributed by atoms with Crippen LogP contribution in [-0.2, 0) is 6.18 Å². The van der Waals surface area contributed by atoms with Gasteiger partial charge in [0.15, 0.2) is 0 Å². The Morgan fingerprint density at radius 2 is 1.70 bits per heavy atom. The van der Waals surface area contributed by atoms with Gasteiger partial charge in [-0.15, -0.1) is 0 Å². The monoisotopic (exact) mass is 336 g/mol. The summed E-state index contributed by atoms with van der Waals surface area (Å²) in [6.45, 7) is 1.87. The standard InChI is InChI=1S/C17H12ClF3N2/c1-10-14(18)7-6-13-15(8-9-22-16(10)13)23-12-4-2-11(3-5-12)17(19,20)21/h2-9H,1H3,(H,22,23). The molecule has 0 saturated heterocycles. The molecule has 0 atom stereocenters.